The zero-order valence-corrected chi connectivity index (χ0v) is 45.2. The molecule has 0 saturated heterocycles. The van der Waals surface area contributed by atoms with Crippen LogP contribution in [0.2, 0.25) is 0 Å². The molecule has 0 rings (SSSR count). The van der Waals surface area contributed by atoms with Crippen LogP contribution in [0.25, 0.3) is 0 Å². The Labute approximate surface area is 414 Å². The average molecular weight is 959 g/mol. The molecular formula is C58H107N2O6P. The van der Waals surface area contributed by atoms with Crippen LogP contribution in [0, 0.1) is 0 Å². The third kappa shape index (κ3) is 51.6. The fraction of sp³-hybridized carbons (Fsp3) is 0.776. The lowest BCUT2D eigenvalue weighted by molar-refractivity contribution is -0.870. The minimum atomic E-state index is -4.62. The number of rotatable bonds is 50. The number of carbonyl (C=O) groups excluding carboxylic acids is 1. The second-order valence-corrected chi connectivity index (χ2v) is 21.3. The van der Waals surface area contributed by atoms with Crippen LogP contribution in [0.3, 0.4) is 0 Å². The van der Waals surface area contributed by atoms with Gasteiger partial charge < -0.3 is 28.8 Å². The van der Waals surface area contributed by atoms with Crippen molar-refractivity contribution in [2.45, 2.75) is 251 Å². The van der Waals surface area contributed by atoms with E-state index < -0.39 is 26.6 Å². The van der Waals surface area contributed by atoms with E-state index in [1.807, 2.05) is 27.2 Å². The molecule has 0 aromatic rings. The number of phosphoric ester groups is 1. The molecule has 2 N–H and O–H groups in total. The number of unbranched alkanes of at least 4 members (excludes halogenated alkanes) is 27. The number of hydrogen-bond acceptors (Lipinski definition) is 6. The molecule has 0 aliphatic heterocycles. The quantitative estimate of drug-likeness (QED) is 0.0272. The van der Waals surface area contributed by atoms with E-state index >= 15 is 0 Å². The predicted molar refractivity (Wildman–Crippen MR) is 288 cm³/mol. The van der Waals surface area contributed by atoms with Crippen LogP contribution < -0.4 is 10.2 Å². The summed E-state index contributed by atoms with van der Waals surface area (Å²) in [6, 6.07) is -0.929. The van der Waals surface area contributed by atoms with E-state index in [1.165, 1.54) is 154 Å². The molecule has 0 aromatic carbocycles. The van der Waals surface area contributed by atoms with Crippen molar-refractivity contribution < 1.29 is 32.9 Å². The summed E-state index contributed by atoms with van der Waals surface area (Å²) in [5, 5.41) is 13.8. The highest BCUT2D eigenvalue weighted by molar-refractivity contribution is 7.45. The van der Waals surface area contributed by atoms with Crippen LogP contribution >= 0.6 is 7.82 Å². The lowest BCUT2D eigenvalue weighted by Crippen LogP contribution is -2.45. The Morgan fingerprint density at radius 1 is 0.537 bits per heavy atom. The van der Waals surface area contributed by atoms with Crippen molar-refractivity contribution in [1.29, 1.82) is 0 Å². The third-order valence-electron chi connectivity index (χ3n) is 12.2. The molecule has 390 valence electrons. The molecule has 0 heterocycles. The summed E-state index contributed by atoms with van der Waals surface area (Å²) in [5.41, 5.74) is 0. The Bertz CT molecular complexity index is 1320. The minimum absolute atomic E-state index is 0.0176. The Hall–Kier alpha value is -2.06. The van der Waals surface area contributed by atoms with Gasteiger partial charge in [-0.25, -0.2) is 0 Å². The molecule has 0 spiro atoms. The van der Waals surface area contributed by atoms with Gasteiger partial charge in [0.2, 0.25) is 5.91 Å². The van der Waals surface area contributed by atoms with Crippen LogP contribution in [-0.2, 0) is 18.4 Å². The van der Waals surface area contributed by atoms with Gasteiger partial charge in [-0.05, 0) is 70.6 Å². The van der Waals surface area contributed by atoms with Crippen LogP contribution in [-0.4, -0.2) is 68.5 Å². The Kier molecular flexibility index (Phi) is 47.4. The molecule has 0 saturated carbocycles. The van der Waals surface area contributed by atoms with Crippen LogP contribution in [0.5, 0.6) is 0 Å². The average Bonchev–Trinajstić information content (AvgIpc) is 3.29. The van der Waals surface area contributed by atoms with Gasteiger partial charge in [0, 0.05) is 6.42 Å². The fourth-order valence-corrected chi connectivity index (χ4v) is 8.53. The molecular weight excluding hydrogens is 852 g/mol. The van der Waals surface area contributed by atoms with E-state index in [1.54, 1.807) is 6.08 Å². The number of aliphatic hydroxyl groups is 1. The maximum Gasteiger partial charge on any atom is 0.268 e. The van der Waals surface area contributed by atoms with Crippen LogP contribution in [0.1, 0.15) is 239 Å². The van der Waals surface area contributed by atoms with Crippen molar-refractivity contribution in [2.75, 3.05) is 40.9 Å². The minimum Gasteiger partial charge on any atom is -0.756 e. The standard InChI is InChI=1S/C58H107N2O6P/c1-6-8-10-12-14-16-18-20-22-23-24-25-26-27-28-29-30-31-32-33-34-35-36-38-39-41-43-45-47-49-51-57(61)56(55-66-67(63,64)65-54-53-60(3,4)5)59-58(62)52-50-48-46-44-42-40-37-21-19-17-15-13-11-9-7-2/h9,11,15,17,21,37,41-44,49,51,56-57,61H,6-8,10,12-14,16,18-20,22-36,38-40,45-48,50,52-55H2,1-5H3,(H-,59,62,63,64)/b11-9-,17-15-,37-21-,43-41+,44-42-,51-49+. The van der Waals surface area contributed by atoms with E-state index in [4.69, 9.17) is 9.05 Å². The van der Waals surface area contributed by atoms with Gasteiger partial charge in [0.1, 0.15) is 13.2 Å². The van der Waals surface area contributed by atoms with E-state index in [9.17, 15) is 19.4 Å². The second-order valence-electron chi connectivity index (χ2n) is 19.9. The molecule has 0 bridgehead atoms. The number of quaternary nitrogens is 1. The number of nitrogens with zero attached hydrogens (tertiary/aromatic N) is 1. The van der Waals surface area contributed by atoms with Crippen molar-refractivity contribution in [1.82, 2.24) is 5.32 Å². The molecule has 3 unspecified atom stereocenters. The lowest BCUT2D eigenvalue weighted by atomic mass is 10.0. The highest BCUT2D eigenvalue weighted by Crippen LogP contribution is 2.38. The van der Waals surface area contributed by atoms with E-state index in [0.717, 1.165) is 57.8 Å². The zero-order chi connectivity index (χ0) is 49.2. The SMILES string of the molecule is CC/C=C\C/C=C\C/C=C\C/C=C\CCCCC(=O)NC(COP(=O)([O-])OCC[N+](C)(C)C)C(O)/C=C/CC/C=C/CCCCCCCCCCCCCCCCCCCCCCCCCC. The summed E-state index contributed by atoms with van der Waals surface area (Å²) in [4.78, 5) is 25.4. The first-order chi connectivity index (χ1) is 32.5. The van der Waals surface area contributed by atoms with Crippen molar-refractivity contribution in [3.05, 3.63) is 72.9 Å². The Morgan fingerprint density at radius 3 is 1.39 bits per heavy atom. The van der Waals surface area contributed by atoms with Gasteiger partial charge in [-0.2, -0.15) is 0 Å². The molecule has 0 aromatic heterocycles. The highest BCUT2D eigenvalue weighted by atomic mass is 31.2. The summed E-state index contributed by atoms with van der Waals surface area (Å²) in [7, 11) is 1.21. The molecule has 0 aliphatic rings. The number of hydrogen-bond donors (Lipinski definition) is 2. The van der Waals surface area contributed by atoms with Gasteiger partial charge in [-0.1, -0.05) is 234 Å². The van der Waals surface area contributed by atoms with Gasteiger partial charge in [0.15, 0.2) is 0 Å². The van der Waals surface area contributed by atoms with Gasteiger partial charge in [-0.3, -0.25) is 9.36 Å². The van der Waals surface area contributed by atoms with E-state index in [0.29, 0.717) is 17.4 Å². The maximum atomic E-state index is 12.9. The first kappa shape index (κ1) is 64.9. The van der Waals surface area contributed by atoms with Crippen molar-refractivity contribution in [3.63, 3.8) is 0 Å². The van der Waals surface area contributed by atoms with Gasteiger partial charge in [0.05, 0.1) is 39.9 Å². The summed E-state index contributed by atoms with van der Waals surface area (Å²) >= 11 is 0. The number of aliphatic hydroxyl groups excluding tert-OH is 1. The van der Waals surface area contributed by atoms with Gasteiger partial charge in [-0.15, -0.1) is 0 Å². The monoisotopic (exact) mass is 959 g/mol. The summed E-state index contributed by atoms with van der Waals surface area (Å²) in [6.45, 7) is 4.48. The topological polar surface area (TPSA) is 108 Å². The van der Waals surface area contributed by atoms with E-state index in [2.05, 4.69) is 79.9 Å². The van der Waals surface area contributed by atoms with Crippen molar-refractivity contribution in [3.8, 4) is 0 Å². The highest BCUT2D eigenvalue weighted by Gasteiger charge is 2.23. The predicted octanol–water partition coefficient (Wildman–Crippen LogP) is 16.1. The molecule has 1 amide bonds. The number of phosphoric acid groups is 1. The molecule has 67 heavy (non-hydrogen) atoms. The Morgan fingerprint density at radius 2 is 0.925 bits per heavy atom. The van der Waals surface area contributed by atoms with Gasteiger partial charge in [0.25, 0.3) is 7.82 Å². The second kappa shape index (κ2) is 48.9. The summed E-state index contributed by atoms with van der Waals surface area (Å²) < 4.78 is 23.2. The number of carbonyl (C=O) groups is 1. The van der Waals surface area contributed by atoms with Crippen molar-refractivity contribution in [2.24, 2.45) is 0 Å². The van der Waals surface area contributed by atoms with E-state index in [-0.39, 0.29) is 18.9 Å². The maximum absolute atomic E-state index is 12.9. The Balaban J connectivity index is 4.23. The van der Waals surface area contributed by atoms with Crippen LogP contribution in [0.4, 0.5) is 0 Å². The third-order valence-corrected chi connectivity index (χ3v) is 13.1. The molecule has 0 radical (unpaired) electrons. The van der Waals surface area contributed by atoms with Crippen molar-refractivity contribution >= 4 is 13.7 Å². The molecule has 0 fully saturated rings. The molecule has 3 atom stereocenters. The summed E-state index contributed by atoms with van der Waals surface area (Å²) in [5.74, 6) is -0.249. The molecule has 9 heteroatoms. The number of likely N-dealkylation sites (N-methyl/N-ethyl adjacent to an activating group) is 1. The van der Waals surface area contributed by atoms with Crippen LogP contribution in [0.15, 0.2) is 72.9 Å². The summed E-state index contributed by atoms with van der Waals surface area (Å²) in [6.07, 6.45) is 67.2. The largest absolute Gasteiger partial charge is 0.756 e. The smallest absolute Gasteiger partial charge is 0.268 e. The normalized spacial score (nSPS) is 14.6. The lowest BCUT2D eigenvalue weighted by Gasteiger charge is -2.29. The molecule has 8 nitrogen and oxygen atoms in total. The first-order valence-corrected chi connectivity index (χ1v) is 29.3. The number of amides is 1. The first-order valence-electron chi connectivity index (χ1n) is 27.8. The number of nitrogens with one attached hydrogen (secondary N) is 1. The zero-order valence-electron chi connectivity index (χ0n) is 44.3. The number of allylic oxidation sites excluding steroid dienone is 11. The van der Waals surface area contributed by atoms with Gasteiger partial charge >= 0.3 is 0 Å². The molecule has 0 aliphatic carbocycles. The fourth-order valence-electron chi connectivity index (χ4n) is 7.81.